The molecule has 2 aromatic rings. The van der Waals surface area contributed by atoms with Gasteiger partial charge in [0.1, 0.15) is 25.0 Å². The van der Waals surface area contributed by atoms with Crippen molar-refractivity contribution in [2.75, 3.05) is 13.2 Å². The summed E-state index contributed by atoms with van der Waals surface area (Å²) in [6, 6.07) is 7.34. The van der Waals surface area contributed by atoms with Gasteiger partial charge in [0.2, 0.25) is 0 Å². The lowest BCUT2D eigenvalue weighted by Gasteiger charge is -2.33. The Hall–Kier alpha value is -1.85. The van der Waals surface area contributed by atoms with Crippen LogP contribution in [0.5, 0.6) is 5.75 Å². The van der Waals surface area contributed by atoms with Crippen molar-refractivity contribution in [3.05, 3.63) is 54.1 Å². The highest BCUT2D eigenvalue weighted by Gasteiger charge is 2.32. The smallest absolute Gasteiger partial charge is 0.137 e. The second-order valence-corrected chi connectivity index (χ2v) is 6.67. The number of hydrogen-bond donors (Lipinski definition) is 0. The van der Waals surface area contributed by atoms with Crippen molar-refractivity contribution in [2.45, 2.75) is 33.4 Å². The Kier molecular flexibility index (Phi) is 6.82. The fourth-order valence-corrected chi connectivity index (χ4v) is 2.43. The second-order valence-electron chi connectivity index (χ2n) is 6.24. The molecular weight excluding hydrogens is 326 g/mol. The summed E-state index contributed by atoms with van der Waals surface area (Å²) in [6.45, 7) is 7.94. The Morgan fingerprint density at radius 2 is 2.04 bits per heavy atom. The van der Waals surface area contributed by atoms with E-state index in [1.165, 1.54) is 6.33 Å². The van der Waals surface area contributed by atoms with Crippen LogP contribution in [-0.2, 0) is 11.3 Å². The molecule has 130 valence electrons. The summed E-state index contributed by atoms with van der Waals surface area (Å²) in [5, 5.41) is 4.88. The first-order valence-electron chi connectivity index (χ1n) is 7.95. The van der Waals surface area contributed by atoms with E-state index < -0.39 is 0 Å². The van der Waals surface area contributed by atoms with E-state index in [2.05, 4.69) is 23.9 Å². The number of allylic oxidation sites excluding steroid dienone is 1. The zero-order chi connectivity index (χ0) is 17.4. The quantitative estimate of drug-likeness (QED) is 0.642. The average Bonchev–Trinajstić information content (AvgIpc) is 3.04. The molecule has 1 atom stereocenters. The molecule has 0 N–H and O–H groups in total. The van der Waals surface area contributed by atoms with Crippen LogP contribution in [0.1, 0.15) is 20.8 Å². The summed E-state index contributed by atoms with van der Waals surface area (Å²) in [4.78, 5) is 4.00. The topological polar surface area (TPSA) is 49.2 Å². The van der Waals surface area contributed by atoms with Gasteiger partial charge in [-0.05, 0) is 31.2 Å². The maximum atomic E-state index is 6.04. The minimum Gasteiger partial charge on any atom is -0.491 e. The van der Waals surface area contributed by atoms with Crippen molar-refractivity contribution in [3.8, 4) is 5.75 Å². The van der Waals surface area contributed by atoms with E-state index >= 15 is 0 Å². The number of nitrogens with zero attached hydrogens (tertiary/aromatic N) is 3. The standard InChI is InChI=1S/C18H24ClN3O2/c1-4-5-10-23-17(11-24-16-8-6-15(19)7-9-16)18(2,3)12-22-14-20-13-21-22/h4-9,13-14,17H,10-12H2,1-3H3. The number of rotatable bonds is 9. The first-order valence-corrected chi connectivity index (χ1v) is 8.32. The van der Waals surface area contributed by atoms with Crippen LogP contribution in [0.15, 0.2) is 49.1 Å². The molecule has 24 heavy (non-hydrogen) atoms. The highest BCUT2D eigenvalue weighted by Crippen LogP contribution is 2.27. The lowest BCUT2D eigenvalue weighted by atomic mass is 9.86. The van der Waals surface area contributed by atoms with Crippen molar-refractivity contribution in [2.24, 2.45) is 5.41 Å². The number of hydrogen-bond acceptors (Lipinski definition) is 4. The lowest BCUT2D eigenvalue weighted by molar-refractivity contribution is -0.0472. The molecule has 1 unspecified atom stereocenters. The summed E-state index contributed by atoms with van der Waals surface area (Å²) in [5.41, 5.74) is -0.179. The number of aromatic nitrogens is 3. The van der Waals surface area contributed by atoms with Crippen LogP contribution in [0.3, 0.4) is 0 Å². The third-order valence-corrected chi connectivity index (χ3v) is 4.00. The maximum absolute atomic E-state index is 6.04. The van der Waals surface area contributed by atoms with Gasteiger partial charge in [0.05, 0.1) is 19.3 Å². The zero-order valence-corrected chi connectivity index (χ0v) is 15.1. The SMILES string of the molecule is CC=CCOC(COc1ccc(Cl)cc1)C(C)(C)Cn1cncn1. The van der Waals surface area contributed by atoms with Crippen LogP contribution in [0.4, 0.5) is 0 Å². The third kappa shape index (κ3) is 5.65. The van der Waals surface area contributed by atoms with Gasteiger partial charge in [-0.25, -0.2) is 4.98 Å². The molecule has 5 nitrogen and oxygen atoms in total. The zero-order valence-electron chi connectivity index (χ0n) is 14.4. The van der Waals surface area contributed by atoms with Gasteiger partial charge >= 0.3 is 0 Å². The highest BCUT2D eigenvalue weighted by molar-refractivity contribution is 6.30. The molecule has 0 radical (unpaired) electrons. The average molecular weight is 350 g/mol. The van der Waals surface area contributed by atoms with Crippen molar-refractivity contribution < 1.29 is 9.47 Å². The molecule has 0 saturated carbocycles. The molecule has 1 aromatic carbocycles. The van der Waals surface area contributed by atoms with Gasteiger partial charge in [0.15, 0.2) is 0 Å². The highest BCUT2D eigenvalue weighted by atomic mass is 35.5. The monoisotopic (exact) mass is 349 g/mol. The van der Waals surface area contributed by atoms with E-state index in [0.717, 1.165) is 5.75 Å². The van der Waals surface area contributed by atoms with Gasteiger partial charge in [-0.15, -0.1) is 0 Å². The van der Waals surface area contributed by atoms with E-state index in [1.807, 2.05) is 48.0 Å². The Balaban J connectivity index is 2.03. The third-order valence-electron chi connectivity index (χ3n) is 3.75. The Morgan fingerprint density at radius 1 is 1.29 bits per heavy atom. The predicted molar refractivity (Wildman–Crippen MR) is 95.3 cm³/mol. The van der Waals surface area contributed by atoms with Gasteiger partial charge in [-0.1, -0.05) is 37.6 Å². The van der Waals surface area contributed by atoms with Crippen LogP contribution >= 0.6 is 11.6 Å². The fraction of sp³-hybridized carbons (Fsp3) is 0.444. The molecule has 0 aliphatic heterocycles. The lowest BCUT2D eigenvalue weighted by Crippen LogP contribution is -2.40. The normalized spacial score (nSPS) is 13.3. The Bertz CT molecular complexity index is 624. The van der Waals surface area contributed by atoms with Gasteiger partial charge in [0, 0.05) is 10.4 Å². The van der Waals surface area contributed by atoms with Gasteiger partial charge in [0.25, 0.3) is 0 Å². The number of halogens is 1. The molecule has 0 bridgehead atoms. The van der Waals surface area contributed by atoms with Crippen LogP contribution in [0.2, 0.25) is 5.02 Å². The van der Waals surface area contributed by atoms with Crippen molar-refractivity contribution >= 4 is 11.6 Å². The predicted octanol–water partition coefficient (Wildman–Crippen LogP) is 4.00. The largest absolute Gasteiger partial charge is 0.491 e. The minimum atomic E-state index is -0.179. The summed E-state index contributed by atoms with van der Waals surface area (Å²) >= 11 is 5.91. The van der Waals surface area contributed by atoms with Crippen molar-refractivity contribution in [1.29, 1.82) is 0 Å². The molecule has 0 aliphatic rings. The first-order chi connectivity index (χ1) is 11.5. The number of benzene rings is 1. The van der Waals surface area contributed by atoms with E-state index in [4.69, 9.17) is 21.1 Å². The van der Waals surface area contributed by atoms with Crippen LogP contribution in [-0.4, -0.2) is 34.1 Å². The molecule has 0 saturated heterocycles. The van der Waals surface area contributed by atoms with Crippen LogP contribution in [0, 0.1) is 5.41 Å². The van der Waals surface area contributed by atoms with Gasteiger partial charge in [-0.3, -0.25) is 4.68 Å². The molecule has 2 rings (SSSR count). The molecular formula is C18H24ClN3O2. The molecule has 1 heterocycles. The summed E-state index contributed by atoms with van der Waals surface area (Å²) in [7, 11) is 0. The first kappa shape index (κ1) is 18.5. The summed E-state index contributed by atoms with van der Waals surface area (Å²) in [6.07, 6.45) is 7.11. The van der Waals surface area contributed by atoms with Gasteiger partial charge < -0.3 is 9.47 Å². The van der Waals surface area contributed by atoms with Crippen LogP contribution in [0.25, 0.3) is 0 Å². The number of ether oxygens (including phenoxy) is 2. The molecule has 6 heteroatoms. The Labute approximate surface area is 148 Å². The molecule has 0 aliphatic carbocycles. The van der Waals surface area contributed by atoms with Crippen molar-refractivity contribution in [1.82, 2.24) is 14.8 Å². The van der Waals surface area contributed by atoms with Crippen molar-refractivity contribution in [3.63, 3.8) is 0 Å². The minimum absolute atomic E-state index is 0.103. The van der Waals surface area contributed by atoms with E-state index in [0.29, 0.717) is 24.8 Å². The molecule has 0 spiro atoms. The van der Waals surface area contributed by atoms with E-state index in [1.54, 1.807) is 6.33 Å². The molecule has 1 aromatic heterocycles. The van der Waals surface area contributed by atoms with E-state index in [-0.39, 0.29) is 11.5 Å². The summed E-state index contributed by atoms with van der Waals surface area (Å²) in [5.74, 6) is 0.774. The van der Waals surface area contributed by atoms with Gasteiger partial charge in [-0.2, -0.15) is 5.10 Å². The Morgan fingerprint density at radius 3 is 2.67 bits per heavy atom. The fourth-order valence-electron chi connectivity index (χ4n) is 2.30. The van der Waals surface area contributed by atoms with E-state index in [9.17, 15) is 0 Å². The van der Waals surface area contributed by atoms with Crippen LogP contribution < -0.4 is 4.74 Å². The molecule has 0 fully saturated rings. The summed E-state index contributed by atoms with van der Waals surface area (Å²) < 4.78 is 13.8. The second kappa shape index (κ2) is 8.85. The molecule has 0 amide bonds. The maximum Gasteiger partial charge on any atom is 0.137 e.